The summed E-state index contributed by atoms with van der Waals surface area (Å²) < 4.78 is 5.25. The summed E-state index contributed by atoms with van der Waals surface area (Å²) in [5.74, 6) is 0.912. The highest BCUT2D eigenvalue weighted by molar-refractivity contribution is 5.30. The molecule has 1 aliphatic heterocycles. The summed E-state index contributed by atoms with van der Waals surface area (Å²) in [5.41, 5.74) is 7.16. The van der Waals surface area contributed by atoms with Gasteiger partial charge in [0.15, 0.2) is 0 Å². The van der Waals surface area contributed by atoms with E-state index in [0.29, 0.717) is 12.6 Å². The number of nitrogens with zero attached hydrogens (tertiary/aromatic N) is 1. The van der Waals surface area contributed by atoms with Gasteiger partial charge in [-0.15, -0.1) is 0 Å². The summed E-state index contributed by atoms with van der Waals surface area (Å²) in [6.45, 7) is 3.01. The highest BCUT2D eigenvalue weighted by atomic mass is 16.5. The van der Waals surface area contributed by atoms with Crippen LogP contribution >= 0.6 is 0 Å². The van der Waals surface area contributed by atoms with Gasteiger partial charge >= 0.3 is 0 Å². The molecule has 0 bridgehead atoms. The molecule has 0 aromatic heterocycles. The van der Waals surface area contributed by atoms with E-state index >= 15 is 0 Å². The van der Waals surface area contributed by atoms with Gasteiger partial charge in [-0.1, -0.05) is 12.1 Å². The highest BCUT2D eigenvalue weighted by Crippen LogP contribution is 2.26. The first kappa shape index (κ1) is 11.4. The van der Waals surface area contributed by atoms with Crippen molar-refractivity contribution in [3.63, 3.8) is 0 Å². The Hall–Kier alpha value is -1.06. The van der Waals surface area contributed by atoms with E-state index in [1.165, 1.54) is 31.5 Å². The molecule has 88 valence electrons. The summed E-state index contributed by atoms with van der Waals surface area (Å²) in [6, 6.07) is 8.58. The highest BCUT2D eigenvalue weighted by Gasteiger charge is 2.22. The Morgan fingerprint density at radius 2 is 2.12 bits per heavy atom. The number of benzene rings is 1. The molecule has 16 heavy (non-hydrogen) atoms. The fourth-order valence-electron chi connectivity index (χ4n) is 2.40. The molecular formula is C13H20N2O. The van der Waals surface area contributed by atoms with Crippen molar-refractivity contribution < 1.29 is 4.74 Å². The molecule has 1 saturated heterocycles. The molecule has 0 saturated carbocycles. The van der Waals surface area contributed by atoms with Gasteiger partial charge in [-0.2, -0.15) is 0 Å². The zero-order valence-electron chi connectivity index (χ0n) is 9.86. The topological polar surface area (TPSA) is 38.5 Å². The van der Waals surface area contributed by atoms with Crippen LogP contribution in [0, 0.1) is 0 Å². The van der Waals surface area contributed by atoms with Gasteiger partial charge < -0.3 is 10.5 Å². The molecular weight excluding hydrogens is 200 g/mol. The van der Waals surface area contributed by atoms with Crippen LogP contribution in [0.25, 0.3) is 0 Å². The zero-order valence-corrected chi connectivity index (χ0v) is 9.86. The smallest absolute Gasteiger partial charge is 0.119 e. The van der Waals surface area contributed by atoms with Crippen molar-refractivity contribution in [1.29, 1.82) is 0 Å². The van der Waals surface area contributed by atoms with Crippen molar-refractivity contribution in [2.75, 3.05) is 26.7 Å². The van der Waals surface area contributed by atoms with E-state index in [1.807, 2.05) is 12.1 Å². The van der Waals surface area contributed by atoms with Crippen molar-refractivity contribution in [2.24, 2.45) is 5.73 Å². The molecule has 3 nitrogen and oxygen atoms in total. The zero-order chi connectivity index (χ0) is 11.4. The second-order valence-electron chi connectivity index (χ2n) is 4.27. The van der Waals surface area contributed by atoms with Gasteiger partial charge in [0, 0.05) is 12.6 Å². The van der Waals surface area contributed by atoms with Gasteiger partial charge in [-0.25, -0.2) is 0 Å². The molecule has 2 rings (SSSR count). The second kappa shape index (κ2) is 5.32. The Morgan fingerprint density at radius 3 is 2.75 bits per heavy atom. The van der Waals surface area contributed by atoms with Crippen LogP contribution in [0.15, 0.2) is 24.3 Å². The minimum Gasteiger partial charge on any atom is -0.497 e. The summed E-state index contributed by atoms with van der Waals surface area (Å²) in [4.78, 5) is 2.47. The number of ether oxygens (including phenoxy) is 1. The summed E-state index contributed by atoms with van der Waals surface area (Å²) in [6.07, 6.45) is 2.58. The van der Waals surface area contributed by atoms with E-state index in [0.717, 1.165) is 5.75 Å². The predicted molar refractivity (Wildman–Crippen MR) is 65.6 cm³/mol. The van der Waals surface area contributed by atoms with E-state index in [1.54, 1.807) is 7.11 Å². The number of methoxy groups -OCH3 is 1. The molecule has 2 N–H and O–H groups in total. The summed E-state index contributed by atoms with van der Waals surface area (Å²) in [7, 11) is 1.70. The Bertz CT molecular complexity index is 334. The van der Waals surface area contributed by atoms with E-state index in [9.17, 15) is 0 Å². The van der Waals surface area contributed by atoms with Gasteiger partial charge in [-0.05, 0) is 43.6 Å². The SMILES string of the molecule is COc1cccc([C@@H](CN)N2CCCC2)c1. The monoisotopic (exact) mass is 220 g/mol. The molecule has 0 radical (unpaired) electrons. The lowest BCUT2D eigenvalue weighted by Gasteiger charge is -2.26. The lowest BCUT2D eigenvalue weighted by atomic mass is 10.1. The van der Waals surface area contributed by atoms with Gasteiger partial charge in [0.25, 0.3) is 0 Å². The quantitative estimate of drug-likeness (QED) is 0.840. The average molecular weight is 220 g/mol. The van der Waals surface area contributed by atoms with Crippen molar-refractivity contribution >= 4 is 0 Å². The van der Waals surface area contributed by atoms with Gasteiger partial charge in [0.2, 0.25) is 0 Å². The second-order valence-corrected chi connectivity index (χ2v) is 4.27. The van der Waals surface area contributed by atoms with Crippen LogP contribution in [0.3, 0.4) is 0 Å². The minimum absolute atomic E-state index is 0.345. The maximum atomic E-state index is 5.89. The molecule has 1 heterocycles. The standard InChI is InChI=1S/C13H20N2O/c1-16-12-6-4-5-11(9-12)13(10-14)15-7-2-3-8-15/h4-6,9,13H,2-3,7-8,10,14H2,1H3/t13-/m1/s1. The van der Waals surface area contributed by atoms with Crippen LogP contribution in [0.1, 0.15) is 24.4 Å². The van der Waals surface area contributed by atoms with Gasteiger partial charge in [0.1, 0.15) is 5.75 Å². The maximum absolute atomic E-state index is 5.89. The van der Waals surface area contributed by atoms with Crippen LogP contribution in [0.2, 0.25) is 0 Å². The van der Waals surface area contributed by atoms with Gasteiger partial charge in [-0.3, -0.25) is 4.90 Å². The molecule has 1 aliphatic rings. The van der Waals surface area contributed by atoms with E-state index in [2.05, 4.69) is 17.0 Å². The molecule has 0 amide bonds. The van der Waals surface area contributed by atoms with Gasteiger partial charge in [0.05, 0.1) is 7.11 Å². The van der Waals surface area contributed by atoms with Crippen LogP contribution < -0.4 is 10.5 Å². The van der Waals surface area contributed by atoms with Crippen molar-refractivity contribution in [2.45, 2.75) is 18.9 Å². The Kier molecular flexibility index (Phi) is 3.80. The normalized spacial score (nSPS) is 18.6. The van der Waals surface area contributed by atoms with E-state index < -0.39 is 0 Å². The maximum Gasteiger partial charge on any atom is 0.119 e. The molecule has 0 aliphatic carbocycles. The first-order valence-corrected chi connectivity index (χ1v) is 5.93. The number of rotatable bonds is 4. The Morgan fingerprint density at radius 1 is 1.38 bits per heavy atom. The van der Waals surface area contributed by atoms with Crippen LogP contribution in [0.5, 0.6) is 5.75 Å². The van der Waals surface area contributed by atoms with Crippen LogP contribution in [-0.4, -0.2) is 31.6 Å². The number of hydrogen-bond donors (Lipinski definition) is 1. The molecule has 1 aromatic rings. The number of likely N-dealkylation sites (tertiary alicyclic amines) is 1. The number of nitrogens with two attached hydrogens (primary N) is 1. The van der Waals surface area contributed by atoms with E-state index in [-0.39, 0.29) is 0 Å². The van der Waals surface area contributed by atoms with Crippen molar-refractivity contribution in [3.05, 3.63) is 29.8 Å². The third kappa shape index (κ3) is 2.36. The molecule has 0 spiro atoms. The molecule has 0 unspecified atom stereocenters. The van der Waals surface area contributed by atoms with Crippen LogP contribution in [-0.2, 0) is 0 Å². The largest absolute Gasteiger partial charge is 0.497 e. The van der Waals surface area contributed by atoms with E-state index in [4.69, 9.17) is 10.5 Å². The number of hydrogen-bond acceptors (Lipinski definition) is 3. The summed E-state index contributed by atoms with van der Waals surface area (Å²) in [5, 5.41) is 0. The summed E-state index contributed by atoms with van der Waals surface area (Å²) >= 11 is 0. The Labute approximate surface area is 97.2 Å². The fraction of sp³-hybridized carbons (Fsp3) is 0.538. The molecule has 1 aromatic carbocycles. The molecule has 1 atom stereocenters. The third-order valence-corrected chi connectivity index (χ3v) is 3.28. The lowest BCUT2D eigenvalue weighted by Crippen LogP contribution is -2.31. The average Bonchev–Trinajstić information content (AvgIpc) is 2.84. The predicted octanol–water partition coefficient (Wildman–Crippen LogP) is 1.79. The third-order valence-electron chi connectivity index (χ3n) is 3.28. The molecule has 1 fully saturated rings. The Balaban J connectivity index is 2.18. The first-order valence-electron chi connectivity index (χ1n) is 5.93. The minimum atomic E-state index is 0.345. The van der Waals surface area contributed by atoms with Crippen molar-refractivity contribution in [1.82, 2.24) is 4.90 Å². The van der Waals surface area contributed by atoms with Crippen molar-refractivity contribution in [3.8, 4) is 5.75 Å². The lowest BCUT2D eigenvalue weighted by molar-refractivity contribution is 0.251. The first-order chi connectivity index (χ1) is 7.85. The van der Waals surface area contributed by atoms with Crippen LogP contribution in [0.4, 0.5) is 0 Å². The molecule has 3 heteroatoms. The fourth-order valence-corrected chi connectivity index (χ4v) is 2.40.